The van der Waals surface area contributed by atoms with E-state index in [2.05, 4.69) is 138 Å². The summed E-state index contributed by atoms with van der Waals surface area (Å²) in [6.45, 7) is 0. The number of hydrogen-bond acceptors (Lipinski definition) is 5. The predicted octanol–water partition coefficient (Wildman–Crippen LogP) is 10.2. The number of thioether (sulfide) groups is 2. The molecule has 3 N–H and O–H groups in total. The van der Waals surface area contributed by atoms with Gasteiger partial charge in [0.05, 0.1) is 22.1 Å². The molecule has 5 aromatic rings. The van der Waals surface area contributed by atoms with Gasteiger partial charge < -0.3 is 20.5 Å². The molecule has 0 unspecified atom stereocenters. The van der Waals surface area contributed by atoms with Gasteiger partial charge in [-0.05, 0) is 76.2 Å². The van der Waals surface area contributed by atoms with Gasteiger partial charge in [-0.1, -0.05) is 90.7 Å². The molecule has 1 aliphatic heterocycles. The molecule has 0 bridgehead atoms. The quantitative estimate of drug-likeness (QED) is 0.141. The van der Waals surface area contributed by atoms with Crippen molar-refractivity contribution in [2.75, 3.05) is 35.8 Å². The Morgan fingerprint density at radius 1 is 0.909 bits per heavy atom. The summed E-state index contributed by atoms with van der Waals surface area (Å²) in [5, 5.41) is 9.84. The van der Waals surface area contributed by atoms with E-state index in [0.717, 1.165) is 40.6 Å². The Labute approximate surface area is 268 Å². The fourth-order valence-corrected chi connectivity index (χ4v) is 8.05. The molecule has 1 aromatic heterocycles. The van der Waals surface area contributed by atoms with E-state index in [-0.39, 0.29) is 0 Å². The molecule has 4 nitrogen and oxygen atoms in total. The molecule has 220 valence electrons. The largest absolute Gasteiger partial charge is 0.398 e. The van der Waals surface area contributed by atoms with Gasteiger partial charge in [-0.2, -0.15) is 0 Å². The van der Waals surface area contributed by atoms with Crippen molar-refractivity contribution in [3.05, 3.63) is 132 Å². The van der Waals surface area contributed by atoms with Crippen LogP contribution in [-0.4, -0.2) is 24.4 Å². The molecule has 0 saturated carbocycles. The lowest BCUT2D eigenvalue weighted by Gasteiger charge is -2.23. The summed E-state index contributed by atoms with van der Waals surface area (Å²) in [7, 11) is 4.19. The van der Waals surface area contributed by atoms with Gasteiger partial charge in [0.2, 0.25) is 0 Å². The van der Waals surface area contributed by atoms with E-state index >= 15 is 0 Å². The second-order valence-electron chi connectivity index (χ2n) is 11.4. The molecule has 0 spiro atoms. The normalized spacial score (nSPS) is 16.9. The minimum atomic E-state index is 0.843. The van der Waals surface area contributed by atoms with E-state index in [9.17, 15) is 0 Å². The van der Waals surface area contributed by atoms with Crippen LogP contribution in [0.25, 0.3) is 27.2 Å². The van der Waals surface area contributed by atoms with Crippen molar-refractivity contribution in [2.45, 2.75) is 29.1 Å². The third-order valence-electron chi connectivity index (χ3n) is 8.29. The Morgan fingerprint density at radius 2 is 1.68 bits per heavy atom. The Bertz CT molecular complexity index is 1990. The van der Waals surface area contributed by atoms with Crippen LogP contribution in [0.1, 0.15) is 19.3 Å². The zero-order chi connectivity index (χ0) is 30.0. The SMILES string of the molecule is CN(C)c1ccn(C2=C(/C=C/CSc3c(N)ccc4ccccc34)CCC/C2=C\C=C2\Nc3ccc4ccccc4c3S2)c1. The molecule has 0 fully saturated rings. The van der Waals surface area contributed by atoms with Crippen molar-refractivity contribution in [3.63, 3.8) is 0 Å². The lowest BCUT2D eigenvalue weighted by atomic mass is 9.91. The van der Waals surface area contributed by atoms with Crippen LogP contribution in [0.5, 0.6) is 0 Å². The van der Waals surface area contributed by atoms with Crippen molar-refractivity contribution in [2.24, 2.45) is 0 Å². The van der Waals surface area contributed by atoms with Crippen LogP contribution in [0.3, 0.4) is 0 Å². The molecule has 1 aliphatic carbocycles. The van der Waals surface area contributed by atoms with Crippen molar-refractivity contribution in [1.29, 1.82) is 0 Å². The minimum Gasteiger partial charge on any atom is -0.398 e. The molecule has 0 amide bonds. The molecular formula is C38H36N4S2. The molecule has 2 aliphatic rings. The van der Waals surface area contributed by atoms with E-state index in [1.54, 1.807) is 0 Å². The van der Waals surface area contributed by atoms with Gasteiger partial charge >= 0.3 is 0 Å². The highest BCUT2D eigenvalue weighted by Gasteiger charge is 2.20. The van der Waals surface area contributed by atoms with E-state index in [1.807, 2.05) is 29.6 Å². The number of benzene rings is 4. The molecule has 2 heterocycles. The lowest BCUT2D eigenvalue weighted by Crippen LogP contribution is -2.09. The van der Waals surface area contributed by atoms with Crippen LogP contribution >= 0.6 is 23.5 Å². The third kappa shape index (κ3) is 5.68. The van der Waals surface area contributed by atoms with Gasteiger partial charge in [0, 0.05) is 47.7 Å². The van der Waals surface area contributed by atoms with E-state index < -0.39 is 0 Å². The fourth-order valence-electron chi connectivity index (χ4n) is 6.07. The molecule has 44 heavy (non-hydrogen) atoms. The number of nitrogens with zero attached hydrogens (tertiary/aromatic N) is 2. The first-order valence-electron chi connectivity index (χ1n) is 15.1. The summed E-state index contributed by atoms with van der Waals surface area (Å²) < 4.78 is 2.31. The highest BCUT2D eigenvalue weighted by Crippen LogP contribution is 2.45. The Balaban J connectivity index is 1.19. The molecule has 0 radical (unpaired) electrons. The third-order valence-corrected chi connectivity index (χ3v) is 10.5. The van der Waals surface area contributed by atoms with E-state index in [1.165, 1.54) is 54.7 Å². The first kappa shape index (κ1) is 28.5. The summed E-state index contributed by atoms with van der Waals surface area (Å²) in [6.07, 6.45) is 16.9. The van der Waals surface area contributed by atoms with Crippen molar-refractivity contribution >= 4 is 67.8 Å². The molecule has 0 atom stereocenters. The number of nitrogens with one attached hydrogen (secondary N) is 1. The summed E-state index contributed by atoms with van der Waals surface area (Å²) >= 11 is 3.64. The summed E-state index contributed by atoms with van der Waals surface area (Å²) in [5.74, 6) is 0.861. The van der Waals surface area contributed by atoms with Gasteiger partial charge in [0.25, 0.3) is 0 Å². The number of hydrogen-bond donors (Lipinski definition) is 2. The van der Waals surface area contributed by atoms with Gasteiger partial charge in [-0.15, -0.1) is 11.8 Å². The Hall–Kier alpha value is -4.26. The molecule has 4 aromatic carbocycles. The maximum atomic E-state index is 6.41. The smallest absolute Gasteiger partial charge is 0.0775 e. The van der Waals surface area contributed by atoms with Crippen molar-refractivity contribution < 1.29 is 0 Å². The van der Waals surface area contributed by atoms with Crippen LogP contribution in [0.15, 0.2) is 142 Å². The summed E-state index contributed by atoms with van der Waals surface area (Å²) in [6, 6.07) is 27.8. The number of allylic oxidation sites excluding steroid dienone is 6. The number of rotatable bonds is 7. The summed E-state index contributed by atoms with van der Waals surface area (Å²) in [5.41, 5.74) is 13.7. The van der Waals surface area contributed by atoms with Crippen LogP contribution in [0.2, 0.25) is 0 Å². The van der Waals surface area contributed by atoms with Crippen LogP contribution < -0.4 is 16.0 Å². The molecule has 6 heteroatoms. The maximum absolute atomic E-state index is 6.41. The van der Waals surface area contributed by atoms with Gasteiger partial charge in [0.15, 0.2) is 0 Å². The highest BCUT2D eigenvalue weighted by molar-refractivity contribution is 8.04. The fraction of sp³-hybridized carbons (Fsp3) is 0.158. The summed E-state index contributed by atoms with van der Waals surface area (Å²) in [4.78, 5) is 4.63. The number of aromatic nitrogens is 1. The highest BCUT2D eigenvalue weighted by atomic mass is 32.2. The molecular weight excluding hydrogens is 577 g/mol. The van der Waals surface area contributed by atoms with E-state index in [4.69, 9.17) is 5.73 Å². The van der Waals surface area contributed by atoms with Crippen LogP contribution in [-0.2, 0) is 0 Å². The maximum Gasteiger partial charge on any atom is 0.0775 e. The van der Waals surface area contributed by atoms with Gasteiger partial charge in [-0.3, -0.25) is 0 Å². The van der Waals surface area contributed by atoms with Crippen molar-refractivity contribution in [1.82, 2.24) is 4.57 Å². The van der Waals surface area contributed by atoms with E-state index in [0.29, 0.717) is 0 Å². The second kappa shape index (κ2) is 12.4. The minimum absolute atomic E-state index is 0.843. The first-order valence-corrected chi connectivity index (χ1v) is 16.9. The number of fused-ring (bicyclic) bond motifs is 4. The Kier molecular flexibility index (Phi) is 8.03. The van der Waals surface area contributed by atoms with Crippen LogP contribution in [0, 0.1) is 0 Å². The molecule has 7 rings (SSSR count). The number of nitrogen functional groups attached to an aromatic ring is 1. The number of anilines is 3. The Morgan fingerprint density at radius 3 is 2.50 bits per heavy atom. The standard InChI is InChI=1S/C38H36N4S2/c1-41(2)30-22-23-42(25-30)36-28(13-8-24-43-37-31-14-5-3-9-26(31)16-19-33(37)39)11-7-12-29(36)18-21-35-40-34-20-17-27-10-4-6-15-32(27)38(34)44-35/h3-6,8-10,13-23,25,40H,7,11-12,24,39H2,1-2H3/b13-8+,29-18+,35-21-. The second-order valence-corrected chi connectivity index (χ2v) is 13.5. The molecule has 0 saturated heterocycles. The van der Waals surface area contributed by atoms with Crippen LogP contribution in [0.4, 0.5) is 17.1 Å². The average Bonchev–Trinajstić information content (AvgIpc) is 3.71. The average molecular weight is 613 g/mol. The topological polar surface area (TPSA) is 46.2 Å². The lowest BCUT2D eigenvalue weighted by molar-refractivity contribution is 0.785. The van der Waals surface area contributed by atoms with Crippen molar-refractivity contribution in [3.8, 4) is 0 Å². The number of nitrogens with two attached hydrogens (primary N) is 1. The predicted molar refractivity (Wildman–Crippen MR) is 194 cm³/mol. The van der Waals surface area contributed by atoms with Gasteiger partial charge in [0.1, 0.15) is 0 Å². The first-order chi connectivity index (χ1) is 21.5. The zero-order valence-electron chi connectivity index (χ0n) is 25.1. The van der Waals surface area contributed by atoms with Gasteiger partial charge in [-0.25, -0.2) is 0 Å². The monoisotopic (exact) mass is 612 g/mol. The zero-order valence-corrected chi connectivity index (χ0v) is 26.7.